The average Bonchev–Trinajstić information content (AvgIpc) is 2.99. The summed E-state index contributed by atoms with van der Waals surface area (Å²) in [6.45, 7) is 6.32. The van der Waals surface area contributed by atoms with Gasteiger partial charge in [0, 0.05) is 39.6 Å². The highest BCUT2D eigenvalue weighted by Gasteiger charge is 2.08. The van der Waals surface area contributed by atoms with Gasteiger partial charge in [-0.25, -0.2) is 0 Å². The highest BCUT2D eigenvalue weighted by molar-refractivity contribution is 5.79. The van der Waals surface area contributed by atoms with Crippen LogP contribution in [0.25, 0.3) is 0 Å². The Labute approximate surface area is 151 Å². The molecule has 0 amide bonds. The van der Waals surface area contributed by atoms with Gasteiger partial charge in [0.2, 0.25) is 0 Å². The molecule has 0 unspecified atom stereocenters. The number of guanidine groups is 1. The van der Waals surface area contributed by atoms with Crippen LogP contribution < -0.4 is 5.32 Å². The molecule has 1 N–H and O–H groups in total. The molecule has 2 rings (SSSR count). The molecule has 0 saturated carbocycles. The fourth-order valence-corrected chi connectivity index (χ4v) is 2.56. The molecule has 0 aliphatic rings. The summed E-state index contributed by atoms with van der Waals surface area (Å²) in [5.41, 5.74) is 3.67. The van der Waals surface area contributed by atoms with E-state index in [0.29, 0.717) is 6.61 Å². The lowest BCUT2D eigenvalue weighted by molar-refractivity contribution is 0.0657. The largest absolute Gasteiger partial charge is 0.374 e. The molecule has 1 aromatic heterocycles. The minimum atomic E-state index is 0.254. The number of nitrogens with zero attached hydrogens (tertiary/aromatic N) is 3. The molecule has 25 heavy (non-hydrogen) atoms. The van der Waals surface area contributed by atoms with E-state index < -0.39 is 0 Å². The van der Waals surface area contributed by atoms with Crippen LogP contribution in [-0.2, 0) is 31.5 Å². The fraction of sp³-hybridized carbons (Fsp3) is 0.450. The fourth-order valence-electron chi connectivity index (χ4n) is 2.56. The van der Waals surface area contributed by atoms with E-state index in [-0.39, 0.29) is 6.10 Å². The van der Waals surface area contributed by atoms with E-state index in [9.17, 15) is 0 Å². The van der Waals surface area contributed by atoms with E-state index in [4.69, 9.17) is 4.74 Å². The smallest absolute Gasteiger partial charge is 0.194 e. The highest BCUT2D eigenvalue weighted by atomic mass is 16.5. The summed E-state index contributed by atoms with van der Waals surface area (Å²) in [6.07, 6.45) is 2.31. The maximum atomic E-state index is 5.63. The van der Waals surface area contributed by atoms with Gasteiger partial charge < -0.3 is 19.5 Å². The molecule has 5 nitrogen and oxygen atoms in total. The van der Waals surface area contributed by atoms with Crippen molar-refractivity contribution in [3.05, 3.63) is 59.4 Å². The van der Waals surface area contributed by atoms with Crippen LogP contribution in [0.5, 0.6) is 0 Å². The summed E-state index contributed by atoms with van der Waals surface area (Å²) in [5, 5.41) is 3.42. The van der Waals surface area contributed by atoms with Crippen LogP contribution in [0.1, 0.15) is 30.7 Å². The number of aromatic nitrogens is 1. The van der Waals surface area contributed by atoms with Crippen LogP contribution in [0.4, 0.5) is 0 Å². The predicted octanol–water partition coefficient (Wildman–Crippen LogP) is 3.16. The van der Waals surface area contributed by atoms with E-state index in [1.54, 1.807) is 0 Å². The molecular formula is C20H30N4O. The van der Waals surface area contributed by atoms with Crippen LogP contribution in [0, 0.1) is 0 Å². The first-order chi connectivity index (χ1) is 12.0. The third kappa shape index (κ3) is 5.94. The maximum Gasteiger partial charge on any atom is 0.194 e. The van der Waals surface area contributed by atoms with Crippen molar-refractivity contribution in [1.82, 2.24) is 14.8 Å². The standard InChI is InChI=1S/C20H30N4O/c1-16(2)25-15-18-10-8-17(9-11-18)13-22-20(21-3)24(5)14-19-7-6-12-23(19)4/h6-12,16H,13-15H2,1-5H3,(H,21,22). The summed E-state index contributed by atoms with van der Waals surface area (Å²) in [4.78, 5) is 6.51. The molecule has 0 saturated heterocycles. The molecule has 0 radical (unpaired) electrons. The topological polar surface area (TPSA) is 41.8 Å². The second-order valence-electron chi connectivity index (χ2n) is 6.54. The Bertz CT molecular complexity index is 673. The van der Waals surface area contributed by atoms with Gasteiger partial charge in [-0.05, 0) is 37.1 Å². The van der Waals surface area contributed by atoms with Crippen molar-refractivity contribution in [2.24, 2.45) is 12.0 Å². The molecule has 0 bridgehead atoms. The van der Waals surface area contributed by atoms with Crippen molar-refractivity contribution in [3.8, 4) is 0 Å². The zero-order valence-corrected chi connectivity index (χ0v) is 16.0. The van der Waals surface area contributed by atoms with Crippen molar-refractivity contribution in [2.75, 3.05) is 14.1 Å². The Morgan fingerprint density at radius 3 is 2.44 bits per heavy atom. The molecule has 1 aromatic carbocycles. The van der Waals surface area contributed by atoms with Gasteiger partial charge in [0.15, 0.2) is 5.96 Å². The zero-order chi connectivity index (χ0) is 18.2. The first-order valence-electron chi connectivity index (χ1n) is 8.71. The number of aliphatic imine (C=N–C) groups is 1. The summed E-state index contributed by atoms with van der Waals surface area (Å²) in [7, 11) is 5.93. The monoisotopic (exact) mass is 342 g/mol. The number of benzene rings is 1. The van der Waals surface area contributed by atoms with E-state index in [1.807, 2.05) is 7.05 Å². The summed E-state index contributed by atoms with van der Waals surface area (Å²) >= 11 is 0. The van der Waals surface area contributed by atoms with E-state index >= 15 is 0 Å². The molecule has 0 aliphatic heterocycles. The van der Waals surface area contributed by atoms with Crippen LogP contribution in [0.15, 0.2) is 47.6 Å². The van der Waals surface area contributed by atoms with Gasteiger partial charge in [-0.15, -0.1) is 0 Å². The summed E-state index contributed by atoms with van der Waals surface area (Å²) in [5.74, 6) is 0.883. The summed E-state index contributed by atoms with van der Waals surface area (Å²) in [6, 6.07) is 12.7. The van der Waals surface area contributed by atoms with Crippen LogP contribution in [0.3, 0.4) is 0 Å². The van der Waals surface area contributed by atoms with Crippen molar-refractivity contribution in [3.63, 3.8) is 0 Å². The van der Waals surface area contributed by atoms with E-state index in [2.05, 4.69) is 90.3 Å². The Kier molecular flexibility index (Phi) is 7.07. The maximum absolute atomic E-state index is 5.63. The van der Waals surface area contributed by atoms with Gasteiger partial charge in [0.05, 0.1) is 19.3 Å². The van der Waals surface area contributed by atoms with Gasteiger partial charge in [-0.1, -0.05) is 24.3 Å². The van der Waals surface area contributed by atoms with Crippen molar-refractivity contribution in [1.29, 1.82) is 0 Å². The molecular weight excluding hydrogens is 312 g/mol. The van der Waals surface area contributed by atoms with Crippen LogP contribution in [-0.4, -0.2) is 35.6 Å². The van der Waals surface area contributed by atoms with Crippen molar-refractivity contribution >= 4 is 5.96 Å². The molecule has 5 heteroatoms. The number of hydrogen-bond donors (Lipinski definition) is 1. The lowest BCUT2D eigenvalue weighted by atomic mass is 10.1. The third-order valence-electron chi connectivity index (χ3n) is 4.08. The van der Waals surface area contributed by atoms with Crippen LogP contribution in [0.2, 0.25) is 0 Å². The minimum absolute atomic E-state index is 0.254. The normalized spacial score (nSPS) is 11.8. The predicted molar refractivity (Wildman–Crippen MR) is 103 cm³/mol. The third-order valence-corrected chi connectivity index (χ3v) is 4.08. The molecule has 2 aromatic rings. The first kappa shape index (κ1) is 19.1. The SMILES string of the molecule is CN=C(NCc1ccc(COC(C)C)cc1)N(C)Cc1cccn1C. The van der Waals surface area contributed by atoms with Crippen molar-refractivity contribution in [2.45, 2.75) is 39.6 Å². The number of ether oxygens (including phenoxy) is 1. The second kappa shape index (κ2) is 9.28. The van der Waals surface area contributed by atoms with Gasteiger partial charge in [-0.2, -0.15) is 0 Å². The highest BCUT2D eigenvalue weighted by Crippen LogP contribution is 2.08. The molecule has 0 fully saturated rings. The van der Waals surface area contributed by atoms with E-state index in [0.717, 1.165) is 19.0 Å². The quantitative estimate of drug-likeness (QED) is 0.621. The van der Waals surface area contributed by atoms with Gasteiger partial charge in [0.25, 0.3) is 0 Å². The van der Waals surface area contributed by atoms with E-state index in [1.165, 1.54) is 16.8 Å². The Hall–Kier alpha value is -2.27. The number of aryl methyl sites for hydroxylation is 1. The number of rotatable bonds is 7. The lowest BCUT2D eigenvalue weighted by Gasteiger charge is -2.22. The van der Waals surface area contributed by atoms with Crippen molar-refractivity contribution < 1.29 is 4.74 Å². The Morgan fingerprint density at radius 1 is 1.20 bits per heavy atom. The summed E-state index contributed by atoms with van der Waals surface area (Å²) < 4.78 is 7.76. The van der Waals surface area contributed by atoms with Crippen LogP contribution >= 0.6 is 0 Å². The molecule has 0 spiro atoms. The van der Waals surface area contributed by atoms with Gasteiger partial charge in [-0.3, -0.25) is 4.99 Å². The molecule has 0 atom stereocenters. The number of nitrogens with one attached hydrogen (secondary N) is 1. The molecule has 0 aliphatic carbocycles. The first-order valence-corrected chi connectivity index (χ1v) is 8.71. The van der Waals surface area contributed by atoms with Gasteiger partial charge >= 0.3 is 0 Å². The molecule has 136 valence electrons. The molecule has 1 heterocycles. The average molecular weight is 342 g/mol. The lowest BCUT2D eigenvalue weighted by Crippen LogP contribution is -2.38. The minimum Gasteiger partial charge on any atom is -0.374 e. The van der Waals surface area contributed by atoms with Gasteiger partial charge in [0.1, 0.15) is 0 Å². The Balaban J connectivity index is 1.86. The Morgan fingerprint density at radius 2 is 1.88 bits per heavy atom. The number of hydrogen-bond acceptors (Lipinski definition) is 2. The zero-order valence-electron chi connectivity index (χ0n) is 16.0. The second-order valence-corrected chi connectivity index (χ2v) is 6.54.